The Labute approximate surface area is 181 Å². The van der Waals surface area contributed by atoms with Crippen LogP contribution in [0.5, 0.6) is 0 Å². The maximum absolute atomic E-state index is 2.56. The van der Waals surface area contributed by atoms with Crippen molar-refractivity contribution in [3.05, 3.63) is 57.7 Å². The molecule has 0 heteroatoms. The molecule has 2 aliphatic carbocycles. The van der Waals surface area contributed by atoms with E-state index in [1.54, 1.807) is 27.9 Å². The molecule has 0 aromatic rings. The van der Waals surface area contributed by atoms with Crippen LogP contribution in [-0.4, -0.2) is 0 Å². The zero-order valence-electron chi connectivity index (χ0n) is 20.7. The first-order valence-electron chi connectivity index (χ1n) is 11.9. The third-order valence-electron chi connectivity index (χ3n) is 7.71. The number of hydrogen-bond acceptors (Lipinski definition) is 0. The molecule has 0 amide bonds. The van der Waals surface area contributed by atoms with Gasteiger partial charge < -0.3 is 0 Å². The summed E-state index contributed by atoms with van der Waals surface area (Å²) >= 11 is 0. The lowest BCUT2D eigenvalue weighted by Gasteiger charge is -2.36. The molecule has 0 bridgehead atoms. The van der Waals surface area contributed by atoms with Gasteiger partial charge in [0.05, 0.1) is 0 Å². The van der Waals surface area contributed by atoms with Crippen LogP contribution in [0.4, 0.5) is 0 Å². The summed E-state index contributed by atoms with van der Waals surface area (Å²) in [6.07, 6.45) is 21.0. The fraction of sp³-hybridized carbons (Fsp3) is 0.655. The first kappa shape index (κ1) is 24.0. The molecule has 162 valence electrons. The second-order valence-electron chi connectivity index (χ2n) is 10.7. The highest BCUT2D eigenvalue weighted by molar-refractivity contribution is 5.37. The van der Waals surface area contributed by atoms with Gasteiger partial charge in [0.15, 0.2) is 0 Å². The Balaban J connectivity index is 2.10. The number of hydrogen-bond donors (Lipinski definition) is 0. The fourth-order valence-corrected chi connectivity index (χ4v) is 5.45. The van der Waals surface area contributed by atoms with Crippen molar-refractivity contribution in [3.63, 3.8) is 0 Å². The Hall–Kier alpha value is -1.30. The lowest BCUT2D eigenvalue weighted by molar-refractivity contribution is 0.341. The highest BCUT2D eigenvalue weighted by Crippen LogP contribution is 2.45. The minimum absolute atomic E-state index is 0.285. The number of rotatable bonds is 7. The molecule has 0 fully saturated rings. The maximum atomic E-state index is 2.56. The first-order valence-corrected chi connectivity index (χ1v) is 11.9. The van der Waals surface area contributed by atoms with E-state index < -0.39 is 0 Å². The molecule has 0 spiro atoms. The Morgan fingerprint density at radius 3 is 2.28 bits per heavy atom. The van der Waals surface area contributed by atoms with Crippen molar-refractivity contribution in [2.45, 2.75) is 113 Å². The zero-order chi connectivity index (χ0) is 21.7. The summed E-state index contributed by atoms with van der Waals surface area (Å²) < 4.78 is 0. The first-order chi connectivity index (χ1) is 13.6. The van der Waals surface area contributed by atoms with Gasteiger partial charge >= 0.3 is 0 Å². The summed E-state index contributed by atoms with van der Waals surface area (Å²) in [4.78, 5) is 0. The molecule has 0 nitrogen and oxygen atoms in total. The largest absolute Gasteiger partial charge is 0.0847 e. The van der Waals surface area contributed by atoms with E-state index in [4.69, 9.17) is 0 Å². The van der Waals surface area contributed by atoms with Gasteiger partial charge in [-0.25, -0.2) is 0 Å². The van der Waals surface area contributed by atoms with Crippen LogP contribution in [-0.2, 0) is 0 Å². The van der Waals surface area contributed by atoms with Crippen LogP contribution in [0.3, 0.4) is 0 Å². The molecule has 2 aliphatic rings. The van der Waals surface area contributed by atoms with Gasteiger partial charge in [0.1, 0.15) is 0 Å². The summed E-state index contributed by atoms with van der Waals surface area (Å²) in [5.74, 6) is 0. The molecule has 1 atom stereocenters. The van der Waals surface area contributed by atoms with Gasteiger partial charge in [-0.05, 0) is 109 Å². The second-order valence-corrected chi connectivity index (χ2v) is 10.7. The van der Waals surface area contributed by atoms with Gasteiger partial charge in [0.2, 0.25) is 0 Å². The van der Waals surface area contributed by atoms with Crippen molar-refractivity contribution >= 4 is 0 Å². The standard InChI is InChI=1S/C29H46/c1-9-22(2)14-17-27-25(5)13-11-20-29(27,8)21-18-23(3)15-16-26-24(4)12-10-19-28(26,6)7/h9,14,17-18H,10-13,15-16,19-21H2,1-8H3/b17-14+,22-9+,23-18+. The van der Waals surface area contributed by atoms with E-state index in [0.717, 1.165) is 0 Å². The molecular formula is C29H46. The van der Waals surface area contributed by atoms with Crippen molar-refractivity contribution in [2.24, 2.45) is 10.8 Å². The average Bonchev–Trinajstić information content (AvgIpc) is 2.65. The molecule has 0 radical (unpaired) electrons. The Morgan fingerprint density at radius 2 is 1.62 bits per heavy atom. The van der Waals surface area contributed by atoms with Crippen LogP contribution in [0.1, 0.15) is 113 Å². The summed E-state index contributed by atoms with van der Waals surface area (Å²) in [6, 6.07) is 0. The molecule has 0 aliphatic heterocycles. The highest BCUT2D eigenvalue weighted by Gasteiger charge is 2.31. The topological polar surface area (TPSA) is 0 Å². The van der Waals surface area contributed by atoms with Crippen molar-refractivity contribution in [1.82, 2.24) is 0 Å². The van der Waals surface area contributed by atoms with Crippen LogP contribution >= 0.6 is 0 Å². The monoisotopic (exact) mass is 394 g/mol. The number of allylic oxidation sites excluding steroid dienone is 10. The second kappa shape index (κ2) is 10.1. The molecule has 0 saturated carbocycles. The van der Waals surface area contributed by atoms with E-state index in [1.165, 1.54) is 63.4 Å². The van der Waals surface area contributed by atoms with Crippen LogP contribution < -0.4 is 0 Å². The molecule has 29 heavy (non-hydrogen) atoms. The van der Waals surface area contributed by atoms with Gasteiger partial charge in [-0.15, -0.1) is 0 Å². The van der Waals surface area contributed by atoms with E-state index in [9.17, 15) is 0 Å². The normalized spacial score (nSPS) is 26.6. The van der Waals surface area contributed by atoms with Gasteiger partial charge in [0, 0.05) is 0 Å². The predicted molar refractivity (Wildman–Crippen MR) is 131 cm³/mol. The lowest BCUT2D eigenvalue weighted by atomic mass is 9.68. The van der Waals surface area contributed by atoms with Crippen molar-refractivity contribution in [1.29, 1.82) is 0 Å². The van der Waals surface area contributed by atoms with Crippen LogP contribution in [0.2, 0.25) is 0 Å². The lowest BCUT2D eigenvalue weighted by Crippen LogP contribution is -2.23. The minimum atomic E-state index is 0.285. The summed E-state index contributed by atoms with van der Waals surface area (Å²) in [5, 5.41) is 0. The summed E-state index contributed by atoms with van der Waals surface area (Å²) in [7, 11) is 0. The predicted octanol–water partition coefficient (Wildman–Crippen LogP) is 9.66. The smallest absolute Gasteiger partial charge is 0.00412 e. The van der Waals surface area contributed by atoms with Crippen LogP contribution in [0.25, 0.3) is 0 Å². The molecule has 0 aromatic carbocycles. The van der Waals surface area contributed by atoms with Crippen molar-refractivity contribution < 1.29 is 0 Å². The third-order valence-corrected chi connectivity index (χ3v) is 7.71. The Bertz CT molecular complexity index is 732. The zero-order valence-corrected chi connectivity index (χ0v) is 20.7. The molecule has 2 rings (SSSR count). The Morgan fingerprint density at radius 1 is 0.966 bits per heavy atom. The van der Waals surface area contributed by atoms with E-state index >= 15 is 0 Å². The van der Waals surface area contributed by atoms with Crippen molar-refractivity contribution in [3.8, 4) is 0 Å². The van der Waals surface area contributed by atoms with Gasteiger partial charge in [-0.2, -0.15) is 0 Å². The fourth-order valence-electron chi connectivity index (χ4n) is 5.45. The molecule has 0 heterocycles. The Kier molecular flexibility index (Phi) is 8.38. The molecule has 0 N–H and O–H groups in total. The summed E-state index contributed by atoms with van der Waals surface area (Å²) in [6.45, 7) is 18.8. The highest BCUT2D eigenvalue weighted by atomic mass is 14.4. The van der Waals surface area contributed by atoms with Crippen LogP contribution in [0, 0.1) is 10.8 Å². The van der Waals surface area contributed by atoms with Gasteiger partial charge in [-0.1, -0.05) is 72.9 Å². The molecule has 1 unspecified atom stereocenters. The third kappa shape index (κ3) is 6.34. The SMILES string of the molecule is C/C=C(C)/C=C/C1=C(C)CCCC1(C)C/C=C(\C)CCC1=C(C)CCCC1(C)C. The van der Waals surface area contributed by atoms with E-state index in [2.05, 4.69) is 79.7 Å². The van der Waals surface area contributed by atoms with E-state index in [0.29, 0.717) is 5.41 Å². The average molecular weight is 395 g/mol. The quantitative estimate of drug-likeness (QED) is 0.298. The van der Waals surface area contributed by atoms with Gasteiger partial charge in [-0.3, -0.25) is 0 Å². The van der Waals surface area contributed by atoms with Crippen molar-refractivity contribution in [2.75, 3.05) is 0 Å². The minimum Gasteiger partial charge on any atom is -0.0847 e. The van der Waals surface area contributed by atoms with Crippen LogP contribution in [0.15, 0.2) is 57.7 Å². The maximum Gasteiger partial charge on any atom is -0.00412 e. The van der Waals surface area contributed by atoms with E-state index in [1.807, 2.05) is 0 Å². The molecule has 0 saturated heterocycles. The molecule has 0 aromatic heterocycles. The molecular weight excluding hydrogens is 348 g/mol. The summed E-state index contributed by atoms with van der Waals surface area (Å²) in [5.41, 5.74) is 10.2. The van der Waals surface area contributed by atoms with E-state index in [-0.39, 0.29) is 5.41 Å². The van der Waals surface area contributed by atoms with Gasteiger partial charge in [0.25, 0.3) is 0 Å².